The van der Waals surface area contributed by atoms with E-state index in [4.69, 9.17) is 0 Å². The summed E-state index contributed by atoms with van der Waals surface area (Å²) in [7, 11) is 0. The van der Waals surface area contributed by atoms with Crippen molar-refractivity contribution in [2.75, 3.05) is 0 Å². The van der Waals surface area contributed by atoms with Crippen molar-refractivity contribution in [2.24, 2.45) is 5.92 Å². The molecule has 0 amide bonds. The van der Waals surface area contributed by atoms with Crippen LogP contribution in [0, 0.1) is 17.8 Å². The van der Waals surface area contributed by atoms with E-state index in [1.165, 1.54) is 12.1 Å². The van der Waals surface area contributed by atoms with Crippen molar-refractivity contribution in [3.8, 4) is 23.0 Å². The Hall–Kier alpha value is -3.41. The van der Waals surface area contributed by atoms with E-state index in [1.807, 2.05) is 20.8 Å². The second-order valence-corrected chi connectivity index (χ2v) is 9.49. The van der Waals surface area contributed by atoms with Gasteiger partial charge in [-0.3, -0.25) is 0 Å². The Labute approximate surface area is 214 Å². The molecule has 0 N–H and O–H groups in total. The summed E-state index contributed by atoms with van der Waals surface area (Å²) >= 11 is 0. The summed E-state index contributed by atoms with van der Waals surface area (Å²) in [5.74, 6) is 5.38. The zero-order valence-corrected chi connectivity index (χ0v) is 20.5. The van der Waals surface area contributed by atoms with Gasteiger partial charge in [-0.1, -0.05) is 50.8 Å². The fourth-order valence-electron chi connectivity index (χ4n) is 4.04. The van der Waals surface area contributed by atoms with Gasteiger partial charge in [-0.15, -0.1) is 0 Å². The van der Waals surface area contributed by atoms with Crippen LogP contribution in [0.4, 0.5) is 39.5 Å². The quantitative estimate of drug-likeness (QED) is 0.227. The SMILES string of the molecule is CC(C)CC(C)c1cc(C#Cc2cc(C(F)(F)F)cc(C(F)(F)F)c2)cc(-c2ccc(C(F)(F)F)cc2)c1. The van der Waals surface area contributed by atoms with Crippen LogP contribution in [0.5, 0.6) is 0 Å². The summed E-state index contributed by atoms with van der Waals surface area (Å²) in [4.78, 5) is 0. The maximum Gasteiger partial charge on any atom is 0.416 e. The summed E-state index contributed by atoms with van der Waals surface area (Å²) in [6, 6.07) is 10.6. The van der Waals surface area contributed by atoms with Crippen LogP contribution in [0.2, 0.25) is 0 Å². The molecule has 0 bridgehead atoms. The first-order chi connectivity index (χ1) is 17.4. The van der Waals surface area contributed by atoms with Crippen LogP contribution in [0.3, 0.4) is 0 Å². The van der Waals surface area contributed by atoms with Gasteiger partial charge >= 0.3 is 18.5 Å². The van der Waals surface area contributed by atoms with Crippen molar-refractivity contribution in [3.63, 3.8) is 0 Å². The molecule has 0 heterocycles. The molecule has 1 atom stereocenters. The first-order valence-corrected chi connectivity index (χ1v) is 11.6. The van der Waals surface area contributed by atoms with E-state index in [1.54, 1.807) is 18.2 Å². The highest BCUT2D eigenvalue weighted by Gasteiger charge is 2.36. The fourth-order valence-corrected chi connectivity index (χ4v) is 4.04. The maximum absolute atomic E-state index is 13.2. The van der Waals surface area contributed by atoms with E-state index in [-0.39, 0.29) is 12.0 Å². The molecule has 0 fully saturated rings. The highest BCUT2D eigenvalue weighted by molar-refractivity contribution is 5.67. The minimum absolute atomic E-state index is 0.00957. The van der Waals surface area contributed by atoms with Crippen LogP contribution in [-0.2, 0) is 18.5 Å². The van der Waals surface area contributed by atoms with Crippen LogP contribution in [-0.4, -0.2) is 0 Å². The Morgan fingerprint density at radius 2 is 1.03 bits per heavy atom. The largest absolute Gasteiger partial charge is 0.416 e. The third-order valence-corrected chi connectivity index (χ3v) is 5.83. The van der Waals surface area contributed by atoms with Gasteiger partial charge in [-0.2, -0.15) is 39.5 Å². The second-order valence-electron chi connectivity index (χ2n) is 9.49. The van der Waals surface area contributed by atoms with E-state index in [0.717, 1.165) is 24.1 Å². The van der Waals surface area contributed by atoms with E-state index in [2.05, 4.69) is 11.8 Å². The molecule has 3 aromatic rings. The Morgan fingerprint density at radius 1 is 0.553 bits per heavy atom. The number of halogens is 9. The molecule has 0 aliphatic carbocycles. The molecule has 3 aromatic carbocycles. The number of alkyl halides is 9. The lowest BCUT2D eigenvalue weighted by Gasteiger charge is -2.17. The molecule has 0 radical (unpaired) electrons. The number of rotatable bonds is 4. The lowest BCUT2D eigenvalue weighted by atomic mass is 9.88. The number of hydrogen-bond donors (Lipinski definition) is 0. The van der Waals surface area contributed by atoms with Crippen LogP contribution >= 0.6 is 0 Å². The summed E-state index contributed by atoms with van der Waals surface area (Å²) in [6.07, 6.45) is -13.7. The van der Waals surface area contributed by atoms with Gasteiger partial charge in [-0.05, 0) is 77.4 Å². The topological polar surface area (TPSA) is 0 Å². The Morgan fingerprint density at radius 3 is 1.47 bits per heavy atom. The molecule has 0 spiro atoms. The molecule has 0 aliphatic rings. The Kier molecular flexibility index (Phi) is 8.25. The van der Waals surface area contributed by atoms with Gasteiger partial charge in [0.05, 0.1) is 16.7 Å². The third-order valence-electron chi connectivity index (χ3n) is 5.83. The van der Waals surface area contributed by atoms with E-state index < -0.39 is 40.8 Å². The average molecular weight is 542 g/mol. The number of benzene rings is 3. The van der Waals surface area contributed by atoms with E-state index in [0.29, 0.717) is 34.7 Å². The fraction of sp³-hybridized carbons (Fsp3) is 0.310. The average Bonchev–Trinajstić information content (AvgIpc) is 2.80. The highest BCUT2D eigenvalue weighted by atomic mass is 19.4. The van der Waals surface area contributed by atoms with Crippen LogP contribution in [0.1, 0.15) is 66.5 Å². The second kappa shape index (κ2) is 10.8. The summed E-state index contributed by atoms with van der Waals surface area (Å²) in [5.41, 5.74) is -2.16. The predicted molar refractivity (Wildman–Crippen MR) is 127 cm³/mol. The van der Waals surface area contributed by atoms with Crippen molar-refractivity contribution in [1.82, 2.24) is 0 Å². The molecule has 9 heteroatoms. The van der Waals surface area contributed by atoms with E-state index in [9.17, 15) is 39.5 Å². The summed E-state index contributed by atoms with van der Waals surface area (Å²) < 4.78 is 118. The molecule has 38 heavy (non-hydrogen) atoms. The molecule has 202 valence electrons. The van der Waals surface area contributed by atoms with Crippen molar-refractivity contribution in [1.29, 1.82) is 0 Å². The van der Waals surface area contributed by atoms with Crippen LogP contribution in [0.15, 0.2) is 60.7 Å². The van der Waals surface area contributed by atoms with Gasteiger partial charge in [0.15, 0.2) is 0 Å². The predicted octanol–water partition coefficient (Wildman–Crippen LogP) is 9.96. The van der Waals surface area contributed by atoms with Crippen molar-refractivity contribution < 1.29 is 39.5 Å². The monoisotopic (exact) mass is 542 g/mol. The first kappa shape index (κ1) is 29.2. The lowest BCUT2D eigenvalue weighted by molar-refractivity contribution is -0.143. The molecule has 0 saturated heterocycles. The Balaban J connectivity index is 2.12. The standard InChI is InChI=1S/C29H23F9/c1-17(2)10-18(3)22-11-19(12-23(15-22)21-6-8-24(9-7-21)27(30,31)32)4-5-20-13-25(28(33,34)35)16-26(14-20)29(36,37)38/h6-9,11-18H,10H2,1-3H3. The van der Waals surface area contributed by atoms with Gasteiger partial charge in [0.2, 0.25) is 0 Å². The van der Waals surface area contributed by atoms with Crippen molar-refractivity contribution in [3.05, 3.63) is 94.0 Å². The summed E-state index contributed by atoms with van der Waals surface area (Å²) in [6.45, 7) is 5.98. The van der Waals surface area contributed by atoms with Gasteiger partial charge in [0, 0.05) is 11.1 Å². The Bertz CT molecular complexity index is 1300. The minimum Gasteiger partial charge on any atom is -0.166 e. The molecule has 0 aromatic heterocycles. The third kappa shape index (κ3) is 7.56. The lowest BCUT2D eigenvalue weighted by Crippen LogP contribution is -2.11. The van der Waals surface area contributed by atoms with Crippen LogP contribution < -0.4 is 0 Å². The molecule has 1 unspecified atom stereocenters. The molecule has 0 aliphatic heterocycles. The molecule has 0 saturated carbocycles. The van der Waals surface area contributed by atoms with Gasteiger partial charge in [0.1, 0.15) is 0 Å². The van der Waals surface area contributed by atoms with Gasteiger partial charge in [-0.25, -0.2) is 0 Å². The van der Waals surface area contributed by atoms with E-state index >= 15 is 0 Å². The zero-order valence-electron chi connectivity index (χ0n) is 20.5. The van der Waals surface area contributed by atoms with Crippen molar-refractivity contribution >= 4 is 0 Å². The molecular weight excluding hydrogens is 519 g/mol. The summed E-state index contributed by atoms with van der Waals surface area (Å²) in [5, 5.41) is 0. The molecule has 3 rings (SSSR count). The number of hydrogen-bond acceptors (Lipinski definition) is 0. The van der Waals surface area contributed by atoms with Crippen LogP contribution in [0.25, 0.3) is 11.1 Å². The normalized spacial score (nSPS) is 13.3. The molecule has 0 nitrogen and oxygen atoms in total. The van der Waals surface area contributed by atoms with Gasteiger partial charge in [0.25, 0.3) is 0 Å². The van der Waals surface area contributed by atoms with Gasteiger partial charge < -0.3 is 0 Å². The first-order valence-electron chi connectivity index (χ1n) is 11.6. The minimum atomic E-state index is -5.00. The molecular formula is C29H23F9. The smallest absolute Gasteiger partial charge is 0.166 e. The van der Waals surface area contributed by atoms with Crippen molar-refractivity contribution in [2.45, 2.75) is 51.6 Å². The highest BCUT2D eigenvalue weighted by Crippen LogP contribution is 2.37. The zero-order chi connectivity index (χ0) is 28.5. The maximum atomic E-state index is 13.2.